The molecule has 0 fully saturated rings. The molecule has 2 unspecified atom stereocenters. The summed E-state index contributed by atoms with van der Waals surface area (Å²) in [5.41, 5.74) is 0. The average Bonchev–Trinajstić information content (AvgIpc) is 2.36. The Morgan fingerprint density at radius 3 is 2.33 bits per heavy atom. The van der Waals surface area contributed by atoms with Gasteiger partial charge in [0.2, 0.25) is 0 Å². The standard InChI is InChI=1S/C13H15Cl2NO5/c1-7(12(17)16-11(6-20-2)13(18)19)21-10-4-8(14)3-9(15)5-10/h3-5,7,11H,6H2,1-2H3,(H,16,17)(H,18,19). The van der Waals surface area contributed by atoms with Crippen molar-refractivity contribution in [3.8, 4) is 5.75 Å². The lowest BCUT2D eigenvalue weighted by Crippen LogP contribution is -2.48. The molecule has 1 aromatic carbocycles. The number of benzene rings is 1. The van der Waals surface area contributed by atoms with Crippen LogP contribution in [-0.2, 0) is 14.3 Å². The van der Waals surface area contributed by atoms with Crippen LogP contribution in [-0.4, -0.2) is 42.8 Å². The first-order valence-corrected chi connectivity index (χ1v) is 6.74. The van der Waals surface area contributed by atoms with Gasteiger partial charge in [0.25, 0.3) is 5.91 Å². The highest BCUT2D eigenvalue weighted by atomic mass is 35.5. The molecule has 0 aliphatic carbocycles. The molecule has 0 aliphatic heterocycles. The highest BCUT2D eigenvalue weighted by Gasteiger charge is 2.23. The number of ether oxygens (including phenoxy) is 2. The minimum Gasteiger partial charge on any atom is -0.481 e. The van der Waals surface area contributed by atoms with E-state index in [1.165, 1.54) is 32.2 Å². The van der Waals surface area contributed by atoms with Gasteiger partial charge in [0.1, 0.15) is 5.75 Å². The molecule has 1 rings (SSSR count). The minimum absolute atomic E-state index is 0.142. The second kappa shape index (κ2) is 8.07. The van der Waals surface area contributed by atoms with E-state index in [0.717, 1.165) is 0 Å². The number of carboxylic acids is 1. The van der Waals surface area contributed by atoms with Gasteiger partial charge in [0, 0.05) is 17.2 Å². The van der Waals surface area contributed by atoms with Crippen LogP contribution in [0.3, 0.4) is 0 Å². The van der Waals surface area contributed by atoms with E-state index in [1.54, 1.807) is 0 Å². The molecule has 1 aromatic rings. The molecule has 8 heteroatoms. The molecule has 2 N–H and O–H groups in total. The Bertz CT molecular complexity index is 503. The van der Waals surface area contributed by atoms with Crippen LogP contribution in [0.5, 0.6) is 5.75 Å². The molecular weight excluding hydrogens is 321 g/mol. The first-order valence-electron chi connectivity index (χ1n) is 5.98. The summed E-state index contributed by atoms with van der Waals surface area (Å²) in [7, 11) is 1.34. The van der Waals surface area contributed by atoms with Gasteiger partial charge in [0.15, 0.2) is 12.1 Å². The highest BCUT2D eigenvalue weighted by molar-refractivity contribution is 6.34. The van der Waals surface area contributed by atoms with Crippen molar-refractivity contribution in [3.63, 3.8) is 0 Å². The van der Waals surface area contributed by atoms with Crippen LogP contribution in [0, 0.1) is 0 Å². The zero-order chi connectivity index (χ0) is 16.0. The van der Waals surface area contributed by atoms with Crippen molar-refractivity contribution in [2.75, 3.05) is 13.7 Å². The van der Waals surface area contributed by atoms with E-state index in [2.05, 4.69) is 5.32 Å². The quantitative estimate of drug-likeness (QED) is 0.795. The minimum atomic E-state index is -1.19. The lowest BCUT2D eigenvalue weighted by molar-refractivity contribution is -0.144. The van der Waals surface area contributed by atoms with Crippen molar-refractivity contribution >= 4 is 35.1 Å². The highest BCUT2D eigenvalue weighted by Crippen LogP contribution is 2.24. The summed E-state index contributed by atoms with van der Waals surface area (Å²) in [6.07, 6.45) is -0.918. The summed E-state index contributed by atoms with van der Waals surface area (Å²) < 4.78 is 10.1. The lowest BCUT2D eigenvalue weighted by Gasteiger charge is -2.18. The number of aliphatic carboxylic acids is 1. The zero-order valence-corrected chi connectivity index (χ0v) is 12.9. The Morgan fingerprint density at radius 2 is 1.86 bits per heavy atom. The van der Waals surface area contributed by atoms with Gasteiger partial charge in [-0.25, -0.2) is 4.79 Å². The molecule has 116 valence electrons. The molecule has 0 bridgehead atoms. The predicted molar refractivity (Wildman–Crippen MR) is 78.0 cm³/mol. The van der Waals surface area contributed by atoms with Crippen LogP contribution in [0.4, 0.5) is 0 Å². The van der Waals surface area contributed by atoms with Gasteiger partial charge in [-0.3, -0.25) is 4.79 Å². The molecule has 0 aromatic heterocycles. The summed E-state index contributed by atoms with van der Waals surface area (Å²) in [6.45, 7) is 1.34. The van der Waals surface area contributed by atoms with Gasteiger partial charge >= 0.3 is 5.97 Å². The molecule has 0 saturated carbocycles. The number of hydrogen-bond acceptors (Lipinski definition) is 4. The third-order valence-electron chi connectivity index (χ3n) is 2.47. The first-order chi connectivity index (χ1) is 9.83. The number of rotatable bonds is 7. The van der Waals surface area contributed by atoms with E-state index in [-0.39, 0.29) is 6.61 Å². The molecule has 6 nitrogen and oxygen atoms in total. The Labute approximate surface area is 131 Å². The van der Waals surface area contributed by atoms with Crippen molar-refractivity contribution in [1.29, 1.82) is 0 Å². The molecule has 0 saturated heterocycles. The molecule has 0 heterocycles. The van der Waals surface area contributed by atoms with Crippen LogP contribution < -0.4 is 10.1 Å². The smallest absolute Gasteiger partial charge is 0.328 e. The Hall–Kier alpha value is -1.50. The second-order valence-electron chi connectivity index (χ2n) is 4.22. The van der Waals surface area contributed by atoms with Crippen LogP contribution in [0.25, 0.3) is 0 Å². The van der Waals surface area contributed by atoms with Gasteiger partial charge in [-0.05, 0) is 25.1 Å². The number of carbonyl (C=O) groups excluding carboxylic acids is 1. The summed E-state index contributed by atoms with van der Waals surface area (Å²) >= 11 is 11.6. The van der Waals surface area contributed by atoms with E-state index in [0.29, 0.717) is 15.8 Å². The maximum absolute atomic E-state index is 11.9. The fourth-order valence-corrected chi connectivity index (χ4v) is 1.99. The van der Waals surface area contributed by atoms with E-state index in [4.69, 9.17) is 37.8 Å². The van der Waals surface area contributed by atoms with Crippen LogP contribution >= 0.6 is 23.2 Å². The number of carbonyl (C=O) groups is 2. The van der Waals surface area contributed by atoms with Crippen LogP contribution in [0.1, 0.15) is 6.92 Å². The zero-order valence-electron chi connectivity index (χ0n) is 11.4. The normalized spacial score (nSPS) is 13.3. The topological polar surface area (TPSA) is 84.9 Å². The van der Waals surface area contributed by atoms with E-state index in [9.17, 15) is 9.59 Å². The summed E-state index contributed by atoms with van der Waals surface area (Å²) in [5, 5.41) is 12.0. The Morgan fingerprint density at radius 1 is 1.29 bits per heavy atom. The van der Waals surface area contributed by atoms with Crippen molar-refractivity contribution in [2.45, 2.75) is 19.1 Å². The van der Waals surface area contributed by atoms with E-state index in [1.807, 2.05) is 0 Å². The third-order valence-corrected chi connectivity index (χ3v) is 2.90. The van der Waals surface area contributed by atoms with Crippen LogP contribution in [0.15, 0.2) is 18.2 Å². The van der Waals surface area contributed by atoms with E-state index >= 15 is 0 Å². The Kier molecular flexibility index (Phi) is 6.74. The fourth-order valence-electron chi connectivity index (χ4n) is 1.48. The Balaban J connectivity index is 2.67. The van der Waals surface area contributed by atoms with Crippen molar-refractivity contribution in [2.24, 2.45) is 0 Å². The van der Waals surface area contributed by atoms with Gasteiger partial charge in [0.05, 0.1) is 6.61 Å². The average molecular weight is 336 g/mol. The summed E-state index contributed by atoms with van der Waals surface area (Å²) in [4.78, 5) is 22.8. The first kappa shape index (κ1) is 17.6. The van der Waals surface area contributed by atoms with Gasteiger partial charge in [-0.15, -0.1) is 0 Å². The number of halogens is 2. The molecule has 0 radical (unpaired) electrons. The van der Waals surface area contributed by atoms with Crippen molar-refractivity contribution < 1.29 is 24.2 Å². The van der Waals surface area contributed by atoms with Crippen LogP contribution in [0.2, 0.25) is 10.0 Å². The van der Waals surface area contributed by atoms with Gasteiger partial charge < -0.3 is 19.9 Å². The maximum atomic E-state index is 11.9. The number of hydrogen-bond donors (Lipinski definition) is 2. The van der Waals surface area contributed by atoms with E-state index < -0.39 is 24.0 Å². The van der Waals surface area contributed by atoms with Gasteiger partial charge in [-0.2, -0.15) is 0 Å². The number of methoxy groups -OCH3 is 1. The predicted octanol–water partition coefficient (Wildman–Crippen LogP) is 1.98. The molecule has 21 heavy (non-hydrogen) atoms. The molecule has 1 amide bonds. The maximum Gasteiger partial charge on any atom is 0.328 e. The molecular formula is C13H15Cl2NO5. The fraction of sp³-hybridized carbons (Fsp3) is 0.385. The number of amides is 1. The largest absolute Gasteiger partial charge is 0.481 e. The SMILES string of the molecule is COCC(NC(=O)C(C)Oc1cc(Cl)cc(Cl)c1)C(=O)O. The summed E-state index contributed by atoms with van der Waals surface area (Å²) in [5.74, 6) is -1.47. The molecule has 0 spiro atoms. The van der Waals surface area contributed by atoms with Crippen molar-refractivity contribution in [3.05, 3.63) is 28.2 Å². The monoisotopic (exact) mass is 335 g/mol. The van der Waals surface area contributed by atoms with Gasteiger partial charge in [-0.1, -0.05) is 23.2 Å². The molecule has 2 atom stereocenters. The number of carboxylic acid groups (broad SMARTS) is 1. The number of nitrogens with one attached hydrogen (secondary N) is 1. The molecule has 0 aliphatic rings. The third kappa shape index (κ3) is 5.79. The van der Waals surface area contributed by atoms with Crippen molar-refractivity contribution in [1.82, 2.24) is 5.32 Å². The lowest BCUT2D eigenvalue weighted by atomic mass is 10.2. The summed E-state index contributed by atoms with van der Waals surface area (Å²) in [6, 6.07) is 3.39. The second-order valence-corrected chi connectivity index (χ2v) is 5.09.